The molecule has 0 spiro atoms. The van der Waals surface area contributed by atoms with E-state index < -0.39 is 0 Å². The summed E-state index contributed by atoms with van der Waals surface area (Å²) in [6.07, 6.45) is 0. The van der Waals surface area contributed by atoms with Gasteiger partial charge in [0, 0.05) is 20.7 Å². The van der Waals surface area contributed by atoms with Crippen molar-refractivity contribution in [3.63, 3.8) is 0 Å². The zero-order valence-electron chi connectivity index (χ0n) is 9.65. The number of rotatable bonds is 2. The zero-order valence-corrected chi connectivity index (χ0v) is 12.8. The van der Waals surface area contributed by atoms with Gasteiger partial charge in [-0.15, -0.1) is 0 Å². The second kappa shape index (κ2) is 4.86. The molecule has 0 bridgehead atoms. The number of anilines is 3. The largest absolute Gasteiger partial charge is 0.423 e. The minimum absolute atomic E-state index is 0.430. The van der Waals surface area contributed by atoms with Crippen molar-refractivity contribution >= 4 is 60.3 Å². The summed E-state index contributed by atoms with van der Waals surface area (Å²) in [5, 5.41) is 3.13. The van der Waals surface area contributed by atoms with Crippen molar-refractivity contribution in [3.8, 4) is 0 Å². The minimum atomic E-state index is 0.430. The lowest BCUT2D eigenvalue weighted by molar-refractivity contribution is 0.623. The van der Waals surface area contributed by atoms with Gasteiger partial charge in [-0.05, 0) is 46.3 Å². The first-order chi connectivity index (χ1) is 9.11. The van der Waals surface area contributed by atoms with Crippen LogP contribution in [-0.4, -0.2) is 4.98 Å². The van der Waals surface area contributed by atoms with Gasteiger partial charge in [-0.1, -0.05) is 15.9 Å². The predicted molar refractivity (Wildman–Crippen MR) is 83.5 cm³/mol. The summed E-state index contributed by atoms with van der Waals surface area (Å²) in [4.78, 5) is 4.35. The molecule has 0 fully saturated rings. The van der Waals surface area contributed by atoms with Gasteiger partial charge in [0.2, 0.25) is 0 Å². The number of fused-ring (bicyclic) bond motifs is 1. The van der Waals surface area contributed by atoms with Gasteiger partial charge in [0.25, 0.3) is 6.01 Å². The number of benzene rings is 2. The third kappa shape index (κ3) is 2.59. The Kier molecular flexibility index (Phi) is 3.20. The second-order valence-electron chi connectivity index (χ2n) is 4.00. The molecule has 3 N–H and O–H groups in total. The number of nitrogens with two attached hydrogens (primary N) is 1. The standard InChI is InChI=1S/C13H9Br2N3O/c14-7-1-3-9(15)11(5-7)18-13-17-10-4-2-8(16)6-12(10)19-13/h1-6H,16H2,(H,17,18). The lowest BCUT2D eigenvalue weighted by Crippen LogP contribution is -1.91. The van der Waals surface area contributed by atoms with Crippen LogP contribution in [0.2, 0.25) is 0 Å². The van der Waals surface area contributed by atoms with Crippen molar-refractivity contribution < 1.29 is 4.42 Å². The Morgan fingerprint density at radius 2 is 1.95 bits per heavy atom. The van der Waals surface area contributed by atoms with Crippen molar-refractivity contribution in [1.29, 1.82) is 0 Å². The van der Waals surface area contributed by atoms with Gasteiger partial charge in [-0.3, -0.25) is 0 Å². The number of halogens is 2. The zero-order chi connectivity index (χ0) is 13.4. The summed E-state index contributed by atoms with van der Waals surface area (Å²) in [7, 11) is 0. The van der Waals surface area contributed by atoms with Gasteiger partial charge < -0.3 is 15.5 Å². The molecule has 1 aromatic heterocycles. The van der Waals surface area contributed by atoms with Gasteiger partial charge in [0.05, 0.1) is 5.69 Å². The van der Waals surface area contributed by atoms with Crippen molar-refractivity contribution in [3.05, 3.63) is 45.3 Å². The molecular weight excluding hydrogens is 374 g/mol. The third-order valence-corrected chi connectivity index (χ3v) is 3.77. The van der Waals surface area contributed by atoms with Crippen molar-refractivity contribution in [2.75, 3.05) is 11.1 Å². The van der Waals surface area contributed by atoms with E-state index in [1.807, 2.05) is 24.3 Å². The van der Waals surface area contributed by atoms with Crippen LogP contribution in [0.5, 0.6) is 0 Å². The molecule has 6 heteroatoms. The molecule has 0 saturated carbocycles. The third-order valence-electron chi connectivity index (χ3n) is 2.58. The van der Waals surface area contributed by atoms with Crippen LogP contribution >= 0.6 is 31.9 Å². The van der Waals surface area contributed by atoms with E-state index in [1.54, 1.807) is 12.1 Å². The normalized spacial score (nSPS) is 10.8. The average molecular weight is 383 g/mol. The highest BCUT2D eigenvalue weighted by atomic mass is 79.9. The van der Waals surface area contributed by atoms with Crippen molar-refractivity contribution in [2.45, 2.75) is 0 Å². The first-order valence-electron chi connectivity index (χ1n) is 5.50. The van der Waals surface area contributed by atoms with Crippen LogP contribution in [0.15, 0.2) is 49.8 Å². The van der Waals surface area contributed by atoms with E-state index in [0.717, 1.165) is 20.1 Å². The molecule has 0 aliphatic carbocycles. The summed E-state index contributed by atoms with van der Waals surface area (Å²) < 4.78 is 7.51. The summed E-state index contributed by atoms with van der Waals surface area (Å²) in [6, 6.07) is 11.6. The Morgan fingerprint density at radius 3 is 2.79 bits per heavy atom. The number of hydrogen-bond donors (Lipinski definition) is 2. The molecule has 3 aromatic rings. The fourth-order valence-electron chi connectivity index (χ4n) is 1.70. The SMILES string of the molecule is Nc1ccc2nc(Nc3cc(Br)ccc3Br)oc2c1. The van der Waals surface area contributed by atoms with Crippen LogP contribution in [0.1, 0.15) is 0 Å². The van der Waals surface area contributed by atoms with Crippen LogP contribution in [-0.2, 0) is 0 Å². The summed E-state index contributed by atoms with van der Waals surface area (Å²) in [6.45, 7) is 0. The maximum Gasteiger partial charge on any atom is 0.300 e. The molecule has 0 aliphatic rings. The van der Waals surface area contributed by atoms with Crippen molar-refractivity contribution in [1.82, 2.24) is 4.98 Å². The van der Waals surface area contributed by atoms with E-state index in [1.165, 1.54) is 0 Å². The number of hydrogen-bond acceptors (Lipinski definition) is 4. The van der Waals surface area contributed by atoms with Crippen LogP contribution in [0.25, 0.3) is 11.1 Å². The topological polar surface area (TPSA) is 64.1 Å². The Labute approximate surface area is 126 Å². The maximum absolute atomic E-state index is 5.71. The highest BCUT2D eigenvalue weighted by molar-refractivity contribution is 9.11. The summed E-state index contributed by atoms with van der Waals surface area (Å²) in [5.74, 6) is 0. The van der Waals surface area contributed by atoms with E-state index in [0.29, 0.717) is 17.3 Å². The Morgan fingerprint density at radius 1 is 1.11 bits per heavy atom. The van der Waals surface area contributed by atoms with E-state index in [-0.39, 0.29) is 0 Å². The molecule has 0 radical (unpaired) electrons. The molecular formula is C13H9Br2N3O. The number of nitrogens with one attached hydrogen (secondary N) is 1. The molecule has 0 amide bonds. The number of oxazole rings is 1. The van der Waals surface area contributed by atoms with E-state index in [9.17, 15) is 0 Å². The molecule has 96 valence electrons. The van der Waals surface area contributed by atoms with Crippen LogP contribution in [0.4, 0.5) is 17.4 Å². The number of nitrogen functional groups attached to an aromatic ring is 1. The highest BCUT2D eigenvalue weighted by Crippen LogP contribution is 2.30. The Bertz CT molecular complexity index is 755. The highest BCUT2D eigenvalue weighted by Gasteiger charge is 2.08. The van der Waals surface area contributed by atoms with E-state index in [4.69, 9.17) is 10.2 Å². The average Bonchev–Trinajstić information content (AvgIpc) is 2.75. The predicted octanol–water partition coefficient (Wildman–Crippen LogP) is 4.68. The molecule has 4 nitrogen and oxygen atoms in total. The first-order valence-corrected chi connectivity index (χ1v) is 7.08. The Hall–Kier alpha value is -1.53. The molecule has 2 aromatic carbocycles. The smallest absolute Gasteiger partial charge is 0.300 e. The van der Waals surface area contributed by atoms with Crippen molar-refractivity contribution in [2.24, 2.45) is 0 Å². The molecule has 0 aliphatic heterocycles. The molecule has 0 atom stereocenters. The molecule has 3 rings (SSSR count). The fraction of sp³-hybridized carbons (Fsp3) is 0. The lowest BCUT2D eigenvalue weighted by Gasteiger charge is -2.04. The summed E-state index contributed by atoms with van der Waals surface area (Å²) >= 11 is 6.90. The van der Waals surface area contributed by atoms with Gasteiger partial charge in [0.15, 0.2) is 5.58 Å². The Balaban J connectivity index is 1.98. The van der Waals surface area contributed by atoms with Crippen LogP contribution in [0, 0.1) is 0 Å². The fourth-order valence-corrected chi connectivity index (χ4v) is 2.41. The second-order valence-corrected chi connectivity index (χ2v) is 5.77. The van der Waals surface area contributed by atoms with Crippen LogP contribution < -0.4 is 11.1 Å². The molecule has 0 saturated heterocycles. The number of nitrogens with zero attached hydrogens (tertiary/aromatic N) is 1. The van der Waals surface area contributed by atoms with Gasteiger partial charge in [-0.2, -0.15) is 4.98 Å². The van der Waals surface area contributed by atoms with Gasteiger partial charge in [-0.25, -0.2) is 0 Å². The number of aromatic nitrogens is 1. The quantitative estimate of drug-likeness (QED) is 0.631. The molecule has 19 heavy (non-hydrogen) atoms. The van der Waals surface area contributed by atoms with Gasteiger partial charge >= 0.3 is 0 Å². The van der Waals surface area contributed by atoms with E-state index in [2.05, 4.69) is 42.2 Å². The summed E-state index contributed by atoms with van der Waals surface area (Å²) in [5.41, 5.74) is 8.66. The molecule has 0 unspecified atom stereocenters. The molecule has 1 heterocycles. The monoisotopic (exact) mass is 381 g/mol. The van der Waals surface area contributed by atoms with E-state index >= 15 is 0 Å². The first kappa shape index (κ1) is 12.5. The maximum atomic E-state index is 5.71. The van der Waals surface area contributed by atoms with Gasteiger partial charge in [0.1, 0.15) is 5.52 Å². The lowest BCUT2D eigenvalue weighted by atomic mass is 10.3. The minimum Gasteiger partial charge on any atom is -0.423 e. The van der Waals surface area contributed by atoms with Crippen LogP contribution in [0.3, 0.4) is 0 Å².